The minimum absolute atomic E-state index is 0.0145. The first-order chi connectivity index (χ1) is 8.82. The molecule has 2 rings (SSSR count). The van der Waals surface area contributed by atoms with Gasteiger partial charge in [0, 0.05) is 37.1 Å². The van der Waals surface area contributed by atoms with Gasteiger partial charge in [0.15, 0.2) is 0 Å². The van der Waals surface area contributed by atoms with Crippen LogP contribution in [0.25, 0.3) is 0 Å². The number of primary amides is 1. The second-order valence-corrected chi connectivity index (χ2v) is 7.66. The highest BCUT2D eigenvalue weighted by Gasteiger charge is 2.31. The summed E-state index contributed by atoms with van der Waals surface area (Å²) in [5.74, 6) is -0.0145. The fraction of sp³-hybridized carbons (Fsp3) is 0.500. The molecule has 9 heteroatoms. The van der Waals surface area contributed by atoms with Crippen molar-refractivity contribution in [1.82, 2.24) is 9.21 Å². The maximum Gasteiger partial charge on any atom is 0.314 e. The molecule has 0 radical (unpaired) electrons. The Labute approximate surface area is 115 Å². The summed E-state index contributed by atoms with van der Waals surface area (Å²) in [6, 6.07) is 0.720. The minimum Gasteiger partial charge on any atom is -0.507 e. The van der Waals surface area contributed by atoms with Crippen molar-refractivity contribution >= 4 is 27.4 Å². The van der Waals surface area contributed by atoms with E-state index >= 15 is 0 Å². The van der Waals surface area contributed by atoms with Crippen LogP contribution in [0.15, 0.2) is 10.3 Å². The van der Waals surface area contributed by atoms with E-state index in [1.807, 2.05) is 0 Å². The van der Waals surface area contributed by atoms with E-state index in [2.05, 4.69) is 0 Å². The van der Waals surface area contributed by atoms with Crippen LogP contribution in [0.2, 0.25) is 0 Å². The Morgan fingerprint density at radius 2 is 1.95 bits per heavy atom. The summed E-state index contributed by atoms with van der Waals surface area (Å²) in [4.78, 5) is 12.9. The molecule has 0 unspecified atom stereocenters. The lowest BCUT2D eigenvalue weighted by atomic mass is 10.4. The van der Waals surface area contributed by atoms with Gasteiger partial charge in [-0.2, -0.15) is 4.31 Å². The number of piperazine rings is 1. The summed E-state index contributed by atoms with van der Waals surface area (Å²) in [7, 11) is -3.60. The maximum absolute atomic E-state index is 12.3. The van der Waals surface area contributed by atoms with E-state index in [-0.39, 0.29) is 36.1 Å². The van der Waals surface area contributed by atoms with Crippen molar-refractivity contribution in [3.8, 4) is 5.75 Å². The monoisotopic (exact) mass is 305 g/mol. The van der Waals surface area contributed by atoms with Crippen LogP contribution < -0.4 is 5.73 Å². The highest BCUT2D eigenvalue weighted by molar-refractivity contribution is 7.91. The molecule has 1 aliphatic rings. The number of sulfonamides is 1. The summed E-state index contributed by atoms with van der Waals surface area (Å²) in [5.41, 5.74) is 5.14. The summed E-state index contributed by atoms with van der Waals surface area (Å²) in [6.07, 6.45) is 0. The Kier molecular flexibility index (Phi) is 3.70. The largest absolute Gasteiger partial charge is 0.507 e. The standard InChI is InChI=1S/C10H15N3O4S2/c1-7-8(14)6-9(18-7)19(16,17)13-4-2-12(3-5-13)10(11)15/h6,14H,2-5H2,1H3,(H2,11,15). The average molecular weight is 305 g/mol. The molecule has 7 nitrogen and oxygen atoms in total. The van der Waals surface area contributed by atoms with Crippen LogP contribution >= 0.6 is 11.3 Å². The van der Waals surface area contributed by atoms with E-state index in [4.69, 9.17) is 5.73 Å². The number of hydrogen-bond donors (Lipinski definition) is 2. The molecule has 3 N–H and O–H groups in total. The van der Waals surface area contributed by atoms with Crippen molar-refractivity contribution in [1.29, 1.82) is 0 Å². The van der Waals surface area contributed by atoms with Gasteiger partial charge in [0.25, 0.3) is 10.0 Å². The Morgan fingerprint density at radius 3 is 2.37 bits per heavy atom. The molecular weight excluding hydrogens is 290 g/mol. The third kappa shape index (κ3) is 2.67. The van der Waals surface area contributed by atoms with Gasteiger partial charge in [-0.1, -0.05) is 0 Å². The first-order valence-corrected chi connectivity index (χ1v) is 7.92. The van der Waals surface area contributed by atoms with Gasteiger partial charge in [-0.05, 0) is 6.92 Å². The second kappa shape index (κ2) is 4.99. The topological polar surface area (TPSA) is 104 Å². The van der Waals surface area contributed by atoms with Crippen LogP contribution in [0, 0.1) is 6.92 Å². The van der Waals surface area contributed by atoms with Crippen LogP contribution in [0.4, 0.5) is 4.79 Å². The van der Waals surface area contributed by atoms with E-state index in [0.29, 0.717) is 4.88 Å². The molecule has 0 aliphatic carbocycles. The number of amides is 2. The van der Waals surface area contributed by atoms with Gasteiger partial charge < -0.3 is 15.7 Å². The third-order valence-electron chi connectivity index (χ3n) is 3.01. The highest BCUT2D eigenvalue weighted by Crippen LogP contribution is 2.32. The zero-order valence-corrected chi connectivity index (χ0v) is 12.0. The summed E-state index contributed by atoms with van der Waals surface area (Å²) in [5, 5.41) is 9.47. The lowest BCUT2D eigenvalue weighted by molar-refractivity contribution is 0.181. The van der Waals surface area contributed by atoms with Crippen LogP contribution in [-0.4, -0.2) is 54.9 Å². The molecule has 1 saturated heterocycles. The molecule has 19 heavy (non-hydrogen) atoms. The van der Waals surface area contributed by atoms with Crippen molar-refractivity contribution in [3.63, 3.8) is 0 Å². The van der Waals surface area contributed by atoms with Crippen molar-refractivity contribution < 1.29 is 18.3 Å². The summed E-state index contributed by atoms with van der Waals surface area (Å²) < 4.78 is 26.1. The molecule has 0 spiro atoms. The molecule has 1 fully saturated rings. The van der Waals surface area contributed by atoms with Gasteiger partial charge in [-0.3, -0.25) is 0 Å². The number of aryl methyl sites for hydroxylation is 1. The number of nitrogens with zero attached hydrogens (tertiary/aromatic N) is 2. The molecule has 0 atom stereocenters. The number of rotatable bonds is 2. The van der Waals surface area contributed by atoms with Crippen molar-refractivity contribution in [2.24, 2.45) is 5.73 Å². The Balaban J connectivity index is 2.16. The van der Waals surface area contributed by atoms with Crippen LogP contribution in [-0.2, 0) is 10.0 Å². The first kappa shape index (κ1) is 14.1. The molecule has 1 aromatic rings. The van der Waals surface area contributed by atoms with Crippen molar-refractivity contribution in [2.75, 3.05) is 26.2 Å². The van der Waals surface area contributed by atoms with E-state index in [1.54, 1.807) is 6.92 Å². The van der Waals surface area contributed by atoms with E-state index < -0.39 is 16.1 Å². The number of nitrogens with two attached hydrogens (primary N) is 1. The van der Waals surface area contributed by atoms with Crippen LogP contribution in [0.5, 0.6) is 5.75 Å². The Bertz CT molecular complexity index is 568. The third-order valence-corrected chi connectivity index (χ3v) is 6.40. The van der Waals surface area contributed by atoms with E-state index in [1.165, 1.54) is 15.3 Å². The quantitative estimate of drug-likeness (QED) is 0.811. The van der Waals surface area contributed by atoms with Gasteiger partial charge in [0.2, 0.25) is 0 Å². The number of carbonyl (C=O) groups excluding carboxylic acids is 1. The second-order valence-electron chi connectivity index (χ2n) is 4.24. The number of aromatic hydroxyl groups is 1. The van der Waals surface area contributed by atoms with Gasteiger partial charge >= 0.3 is 6.03 Å². The lowest BCUT2D eigenvalue weighted by Gasteiger charge is -2.32. The lowest BCUT2D eigenvalue weighted by Crippen LogP contribution is -2.51. The predicted octanol–water partition coefficient (Wildman–Crippen LogP) is 0.147. The fourth-order valence-corrected chi connectivity index (χ4v) is 4.76. The number of urea groups is 1. The molecule has 2 heterocycles. The summed E-state index contributed by atoms with van der Waals surface area (Å²) in [6.45, 7) is 2.64. The fourth-order valence-electron chi connectivity index (χ4n) is 1.85. The van der Waals surface area contributed by atoms with Gasteiger partial charge in [-0.15, -0.1) is 11.3 Å². The molecule has 2 amide bonds. The van der Waals surface area contributed by atoms with Gasteiger partial charge in [0.1, 0.15) is 9.96 Å². The average Bonchev–Trinajstić information content (AvgIpc) is 2.70. The van der Waals surface area contributed by atoms with Crippen LogP contribution in [0.1, 0.15) is 4.88 Å². The van der Waals surface area contributed by atoms with Gasteiger partial charge in [0.05, 0.1) is 0 Å². The molecule has 1 aliphatic heterocycles. The van der Waals surface area contributed by atoms with Crippen molar-refractivity contribution in [3.05, 3.63) is 10.9 Å². The maximum atomic E-state index is 12.3. The SMILES string of the molecule is Cc1sc(S(=O)(=O)N2CCN(C(N)=O)CC2)cc1O. The molecule has 0 bridgehead atoms. The molecule has 0 aromatic carbocycles. The number of thiophene rings is 1. The van der Waals surface area contributed by atoms with Gasteiger partial charge in [-0.25, -0.2) is 13.2 Å². The van der Waals surface area contributed by atoms with E-state index in [0.717, 1.165) is 11.3 Å². The van der Waals surface area contributed by atoms with Crippen molar-refractivity contribution in [2.45, 2.75) is 11.1 Å². The molecule has 1 aromatic heterocycles. The highest BCUT2D eigenvalue weighted by atomic mass is 32.2. The van der Waals surface area contributed by atoms with E-state index in [9.17, 15) is 18.3 Å². The first-order valence-electron chi connectivity index (χ1n) is 5.66. The summed E-state index contributed by atoms with van der Waals surface area (Å²) >= 11 is 1.04. The number of hydrogen-bond acceptors (Lipinski definition) is 5. The zero-order chi connectivity index (χ0) is 14.2. The van der Waals surface area contributed by atoms with Crippen LogP contribution in [0.3, 0.4) is 0 Å². The zero-order valence-electron chi connectivity index (χ0n) is 10.4. The molecular formula is C10H15N3O4S2. The molecule has 106 valence electrons. The molecule has 0 saturated carbocycles. The normalized spacial score (nSPS) is 17.6. The predicted molar refractivity (Wildman–Crippen MR) is 70.6 cm³/mol. The Hall–Kier alpha value is -1.32. The Morgan fingerprint density at radius 1 is 1.37 bits per heavy atom. The smallest absolute Gasteiger partial charge is 0.314 e. The number of carbonyl (C=O) groups is 1. The minimum atomic E-state index is -3.60.